The number of halogens is 1. The Bertz CT molecular complexity index is 554. The largest absolute Gasteiger partial charge is 0.493 e. The summed E-state index contributed by atoms with van der Waals surface area (Å²) in [7, 11) is 3.20. The molecule has 0 amide bonds. The second-order valence-electron chi connectivity index (χ2n) is 3.72. The molecule has 1 aromatic heterocycles. The Morgan fingerprint density at radius 3 is 2.56 bits per heavy atom. The van der Waals surface area contributed by atoms with Gasteiger partial charge in [0.15, 0.2) is 11.5 Å². The van der Waals surface area contributed by atoms with Gasteiger partial charge in [-0.3, -0.25) is 0 Å². The average molecular weight is 268 g/mol. The number of rotatable bonds is 4. The molecule has 0 atom stereocenters. The molecule has 0 aliphatic carbocycles. The standard InChI is InChI=1S/C12H14ClN3O2/c1-17-10-4-3-8(5-11(10)18-2)7-16-12(14)9(13)6-15-16/h3-6H,7,14H2,1-2H3. The Hall–Kier alpha value is -1.88. The fraction of sp³-hybridized carbons (Fsp3) is 0.250. The second kappa shape index (κ2) is 5.18. The second-order valence-corrected chi connectivity index (χ2v) is 4.13. The third kappa shape index (κ3) is 2.36. The van der Waals surface area contributed by atoms with E-state index in [1.807, 2.05) is 18.2 Å². The van der Waals surface area contributed by atoms with E-state index in [1.165, 1.54) is 6.20 Å². The monoisotopic (exact) mass is 267 g/mol. The van der Waals surface area contributed by atoms with Crippen LogP contribution in [0.3, 0.4) is 0 Å². The van der Waals surface area contributed by atoms with Crippen molar-refractivity contribution in [2.45, 2.75) is 6.54 Å². The van der Waals surface area contributed by atoms with E-state index >= 15 is 0 Å². The quantitative estimate of drug-likeness (QED) is 0.922. The van der Waals surface area contributed by atoms with Crippen LogP contribution in [0.15, 0.2) is 24.4 Å². The fourth-order valence-electron chi connectivity index (χ4n) is 1.65. The van der Waals surface area contributed by atoms with Gasteiger partial charge in [-0.2, -0.15) is 5.10 Å². The van der Waals surface area contributed by atoms with E-state index in [0.717, 1.165) is 5.56 Å². The number of nitrogens with two attached hydrogens (primary N) is 1. The highest BCUT2D eigenvalue weighted by Crippen LogP contribution is 2.28. The topological polar surface area (TPSA) is 62.3 Å². The zero-order chi connectivity index (χ0) is 13.1. The van der Waals surface area contributed by atoms with Gasteiger partial charge in [0.05, 0.1) is 27.0 Å². The molecule has 0 saturated carbocycles. The molecule has 1 aromatic carbocycles. The summed E-state index contributed by atoms with van der Waals surface area (Å²) >= 11 is 5.85. The molecule has 0 radical (unpaired) electrons. The number of ether oxygens (including phenoxy) is 2. The fourth-order valence-corrected chi connectivity index (χ4v) is 1.79. The highest BCUT2D eigenvalue weighted by Gasteiger charge is 2.08. The van der Waals surface area contributed by atoms with Gasteiger partial charge in [-0.1, -0.05) is 17.7 Å². The van der Waals surface area contributed by atoms with Crippen LogP contribution in [0.2, 0.25) is 5.02 Å². The van der Waals surface area contributed by atoms with Crippen LogP contribution in [0.1, 0.15) is 5.56 Å². The third-order valence-electron chi connectivity index (χ3n) is 2.61. The molecule has 0 saturated heterocycles. The number of aromatic nitrogens is 2. The number of methoxy groups -OCH3 is 2. The van der Waals surface area contributed by atoms with E-state index in [0.29, 0.717) is 28.9 Å². The van der Waals surface area contributed by atoms with Gasteiger partial charge in [0.25, 0.3) is 0 Å². The first-order valence-electron chi connectivity index (χ1n) is 5.33. The first kappa shape index (κ1) is 12.6. The van der Waals surface area contributed by atoms with E-state index in [1.54, 1.807) is 18.9 Å². The van der Waals surface area contributed by atoms with Crippen molar-refractivity contribution in [3.8, 4) is 11.5 Å². The van der Waals surface area contributed by atoms with Crippen molar-refractivity contribution in [1.29, 1.82) is 0 Å². The smallest absolute Gasteiger partial charge is 0.161 e. The lowest BCUT2D eigenvalue weighted by atomic mass is 10.2. The predicted molar refractivity (Wildman–Crippen MR) is 70.3 cm³/mol. The molecule has 0 aliphatic heterocycles. The van der Waals surface area contributed by atoms with Crippen molar-refractivity contribution < 1.29 is 9.47 Å². The van der Waals surface area contributed by atoms with Crippen LogP contribution in [-0.4, -0.2) is 24.0 Å². The molecule has 6 heteroatoms. The highest BCUT2D eigenvalue weighted by atomic mass is 35.5. The van der Waals surface area contributed by atoms with Crippen molar-refractivity contribution >= 4 is 17.4 Å². The third-order valence-corrected chi connectivity index (χ3v) is 2.90. The minimum atomic E-state index is 0.450. The molecule has 1 heterocycles. The number of anilines is 1. The highest BCUT2D eigenvalue weighted by molar-refractivity contribution is 6.32. The Balaban J connectivity index is 2.27. The number of hydrogen-bond donors (Lipinski definition) is 1. The lowest BCUT2D eigenvalue weighted by Gasteiger charge is -2.10. The number of hydrogen-bond acceptors (Lipinski definition) is 4. The summed E-state index contributed by atoms with van der Waals surface area (Å²) in [6.07, 6.45) is 1.53. The summed E-state index contributed by atoms with van der Waals surface area (Å²) in [6.45, 7) is 0.527. The van der Waals surface area contributed by atoms with E-state index in [9.17, 15) is 0 Å². The molecule has 2 aromatic rings. The summed E-state index contributed by atoms with van der Waals surface area (Å²) < 4.78 is 12.0. The lowest BCUT2D eigenvalue weighted by molar-refractivity contribution is 0.354. The molecular weight excluding hydrogens is 254 g/mol. The molecule has 0 aliphatic rings. The average Bonchev–Trinajstić information content (AvgIpc) is 2.70. The van der Waals surface area contributed by atoms with Gasteiger partial charge in [0.2, 0.25) is 0 Å². The molecule has 5 nitrogen and oxygen atoms in total. The summed E-state index contributed by atoms with van der Waals surface area (Å²) in [5.41, 5.74) is 6.79. The van der Waals surface area contributed by atoms with E-state index in [-0.39, 0.29) is 0 Å². The maximum atomic E-state index is 5.85. The first-order valence-corrected chi connectivity index (χ1v) is 5.71. The lowest BCUT2D eigenvalue weighted by Crippen LogP contribution is -2.06. The predicted octanol–water partition coefficient (Wildman–Crippen LogP) is 2.18. The summed E-state index contributed by atoms with van der Waals surface area (Å²) in [6, 6.07) is 5.65. The molecule has 0 fully saturated rings. The molecule has 2 rings (SSSR count). The maximum Gasteiger partial charge on any atom is 0.161 e. The Kier molecular flexibility index (Phi) is 3.62. The molecule has 18 heavy (non-hydrogen) atoms. The Morgan fingerprint density at radius 1 is 1.28 bits per heavy atom. The molecule has 0 unspecified atom stereocenters. The number of nitrogen functional groups attached to an aromatic ring is 1. The Morgan fingerprint density at radius 2 is 2.00 bits per heavy atom. The molecule has 96 valence electrons. The van der Waals surface area contributed by atoms with Gasteiger partial charge in [-0.25, -0.2) is 4.68 Å². The zero-order valence-electron chi connectivity index (χ0n) is 10.2. The van der Waals surface area contributed by atoms with E-state index in [2.05, 4.69) is 5.10 Å². The first-order chi connectivity index (χ1) is 8.65. The van der Waals surface area contributed by atoms with Crippen molar-refractivity contribution in [2.24, 2.45) is 0 Å². The number of benzene rings is 1. The molecule has 0 bridgehead atoms. The molecular formula is C12H14ClN3O2. The van der Waals surface area contributed by atoms with Crippen molar-refractivity contribution in [1.82, 2.24) is 9.78 Å². The molecule has 2 N–H and O–H groups in total. The van der Waals surface area contributed by atoms with Crippen LogP contribution >= 0.6 is 11.6 Å². The van der Waals surface area contributed by atoms with Crippen LogP contribution in [-0.2, 0) is 6.54 Å². The van der Waals surface area contributed by atoms with Crippen molar-refractivity contribution in [3.63, 3.8) is 0 Å². The summed E-state index contributed by atoms with van der Waals surface area (Å²) in [4.78, 5) is 0. The molecule has 0 spiro atoms. The zero-order valence-corrected chi connectivity index (χ0v) is 10.9. The van der Waals surface area contributed by atoms with Crippen LogP contribution < -0.4 is 15.2 Å². The number of nitrogens with zero attached hydrogens (tertiary/aromatic N) is 2. The van der Waals surface area contributed by atoms with E-state index in [4.69, 9.17) is 26.8 Å². The maximum absolute atomic E-state index is 5.85. The normalized spacial score (nSPS) is 10.4. The van der Waals surface area contributed by atoms with Gasteiger partial charge in [0.1, 0.15) is 10.8 Å². The van der Waals surface area contributed by atoms with E-state index < -0.39 is 0 Å². The van der Waals surface area contributed by atoms with Gasteiger partial charge in [-0.05, 0) is 17.7 Å². The minimum Gasteiger partial charge on any atom is -0.493 e. The van der Waals surface area contributed by atoms with Crippen molar-refractivity contribution in [2.75, 3.05) is 20.0 Å². The van der Waals surface area contributed by atoms with Crippen molar-refractivity contribution in [3.05, 3.63) is 35.0 Å². The minimum absolute atomic E-state index is 0.450. The van der Waals surface area contributed by atoms with Gasteiger partial charge < -0.3 is 15.2 Å². The SMILES string of the molecule is COc1ccc(Cn2ncc(Cl)c2N)cc1OC. The summed E-state index contributed by atoms with van der Waals surface area (Å²) in [5.74, 6) is 1.81. The van der Waals surface area contributed by atoms with Gasteiger partial charge >= 0.3 is 0 Å². The van der Waals surface area contributed by atoms with Gasteiger partial charge in [-0.15, -0.1) is 0 Å². The van der Waals surface area contributed by atoms with Crippen LogP contribution in [0.5, 0.6) is 11.5 Å². The van der Waals surface area contributed by atoms with Crippen LogP contribution in [0.25, 0.3) is 0 Å². The summed E-state index contributed by atoms with van der Waals surface area (Å²) in [5, 5.41) is 4.55. The van der Waals surface area contributed by atoms with Crippen LogP contribution in [0, 0.1) is 0 Å². The van der Waals surface area contributed by atoms with Gasteiger partial charge in [0, 0.05) is 0 Å². The van der Waals surface area contributed by atoms with Crippen LogP contribution in [0.4, 0.5) is 5.82 Å². The Labute approximate surface area is 110 Å².